The molecule has 8 nitrogen and oxygen atoms in total. The lowest BCUT2D eigenvalue weighted by atomic mass is 9.84. The molecule has 7 rings (SSSR count). The molecule has 56 heavy (non-hydrogen) atoms. The van der Waals surface area contributed by atoms with Gasteiger partial charge in [0.25, 0.3) is 11.8 Å². The van der Waals surface area contributed by atoms with Gasteiger partial charge in [-0.1, -0.05) is 26.5 Å². The summed E-state index contributed by atoms with van der Waals surface area (Å²) in [6.07, 6.45) is -6.79. The summed E-state index contributed by atoms with van der Waals surface area (Å²) in [5.41, 5.74) is 4.37. The van der Waals surface area contributed by atoms with E-state index in [1.165, 1.54) is 0 Å². The molecule has 0 radical (unpaired) electrons. The highest BCUT2D eigenvalue weighted by atomic mass is 19.4. The maximum atomic E-state index is 14.8. The molecule has 0 saturated heterocycles. The van der Waals surface area contributed by atoms with Crippen molar-refractivity contribution < 1.29 is 40.7 Å². The lowest BCUT2D eigenvalue weighted by Gasteiger charge is -2.28. The molecule has 2 aromatic heterocycles. The molecule has 0 saturated carbocycles. The molecule has 4 aliphatic heterocycles. The molecule has 290 valence electrons. The summed E-state index contributed by atoms with van der Waals surface area (Å²) in [4.78, 5) is 58.2. The van der Waals surface area contributed by atoms with Crippen molar-refractivity contribution in [2.45, 2.75) is 84.6 Å². The third-order valence-corrected chi connectivity index (χ3v) is 11.2. The highest BCUT2D eigenvalue weighted by Gasteiger charge is 2.42. The van der Waals surface area contributed by atoms with Crippen molar-refractivity contribution in [1.29, 1.82) is 0 Å². The fraction of sp³-hybridized carbons (Fsp3) is 0.310. The van der Waals surface area contributed by atoms with Crippen molar-refractivity contribution in [3.05, 3.63) is 117 Å². The van der Waals surface area contributed by atoms with Gasteiger partial charge in [-0.15, -0.1) is 0 Å². The summed E-state index contributed by atoms with van der Waals surface area (Å²) in [7, 11) is 0. The van der Waals surface area contributed by atoms with Crippen molar-refractivity contribution in [2.24, 2.45) is 0 Å². The van der Waals surface area contributed by atoms with E-state index in [1.807, 2.05) is 39.8 Å². The van der Waals surface area contributed by atoms with Gasteiger partial charge in [-0.25, -0.2) is 9.97 Å². The highest BCUT2D eigenvalue weighted by molar-refractivity contribution is 6.23. The first-order valence-electron chi connectivity index (χ1n) is 18.1. The van der Waals surface area contributed by atoms with Crippen LogP contribution in [0.15, 0.2) is 49.1 Å². The Morgan fingerprint density at radius 3 is 2.05 bits per heavy atom. The summed E-state index contributed by atoms with van der Waals surface area (Å²) in [5, 5.41) is 0. The van der Waals surface area contributed by atoms with Gasteiger partial charge in [0.2, 0.25) is 0 Å². The number of aryl methyl sites for hydroxylation is 1. The van der Waals surface area contributed by atoms with Crippen molar-refractivity contribution in [2.75, 3.05) is 0 Å². The normalized spacial score (nSPS) is 17.9. The summed E-state index contributed by atoms with van der Waals surface area (Å²) in [6, 6.07) is 6.53. The monoisotopic (exact) mass is 773 g/mol. The molecular weight excluding hydrogens is 736 g/mol. The van der Waals surface area contributed by atoms with Gasteiger partial charge in [-0.05, 0) is 97.9 Å². The Labute approximate surface area is 317 Å². The Kier molecular flexibility index (Phi) is 9.45. The van der Waals surface area contributed by atoms with Gasteiger partial charge in [-0.2, -0.15) is 26.3 Å². The molecule has 4 aliphatic rings. The molecule has 2 atom stereocenters. The van der Waals surface area contributed by atoms with E-state index in [0.29, 0.717) is 68.7 Å². The molecule has 14 heteroatoms. The number of fused-ring (bicyclic) bond motifs is 8. The SMILES string of the molecule is C=CC1=C(C)c2cc3[nH]c(c4c5[nH]c(cc6nc(cc1n2)C(C)=C6CC)c(C)c5C(=O)N(Cc1cc(C(F)(F)F)cc(C(F)(F)F)c1)C4=O)[C@@H](CCC=O)[C@@H]3C. The third kappa shape index (κ3) is 6.34. The minimum Gasteiger partial charge on any atom is -0.361 e. The zero-order valence-corrected chi connectivity index (χ0v) is 31.1. The predicted molar refractivity (Wildman–Crippen MR) is 200 cm³/mol. The Hall–Kier alpha value is -5.79. The topological polar surface area (TPSA) is 112 Å². The van der Waals surface area contributed by atoms with Crippen molar-refractivity contribution >= 4 is 51.4 Å². The molecule has 0 spiro atoms. The molecule has 0 aliphatic carbocycles. The van der Waals surface area contributed by atoms with E-state index in [-0.39, 0.29) is 41.5 Å². The second-order valence-electron chi connectivity index (χ2n) is 14.4. The predicted octanol–water partition coefficient (Wildman–Crippen LogP) is 10.5. The number of H-pyrrole nitrogens is 2. The van der Waals surface area contributed by atoms with Crippen LogP contribution in [0.2, 0.25) is 0 Å². The van der Waals surface area contributed by atoms with Gasteiger partial charge in [0.05, 0.1) is 57.1 Å². The number of imide groups is 1. The van der Waals surface area contributed by atoms with Crippen LogP contribution in [-0.4, -0.2) is 42.9 Å². The zero-order valence-electron chi connectivity index (χ0n) is 31.1. The van der Waals surface area contributed by atoms with Crippen LogP contribution in [0, 0.1) is 6.92 Å². The maximum Gasteiger partial charge on any atom is 0.416 e. The maximum absolute atomic E-state index is 14.8. The van der Waals surface area contributed by atoms with Gasteiger partial charge in [0, 0.05) is 40.7 Å². The summed E-state index contributed by atoms with van der Waals surface area (Å²) < 4.78 is 83.3. The molecule has 6 heterocycles. The van der Waals surface area contributed by atoms with E-state index < -0.39 is 53.3 Å². The minimum atomic E-state index is -5.14. The Balaban J connectivity index is 1.57. The number of amides is 2. The Morgan fingerprint density at radius 1 is 0.821 bits per heavy atom. The van der Waals surface area contributed by atoms with E-state index in [1.54, 1.807) is 19.1 Å². The van der Waals surface area contributed by atoms with E-state index in [9.17, 15) is 40.7 Å². The van der Waals surface area contributed by atoms with E-state index in [2.05, 4.69) is 16.5 Å². The van der Waals surface area contributed by atoms with E-state index in [4.69, 9.17) is 9.97 Å². The van der Waals surface area contributed by atoms with Gasteiger partial charge < -0.3 is 14.8 Å². The van der Waals surface area contributed by atoms with Crippen LogP contribution in [-0.2, 0) is 23.7 Å². The molecule has 0 fully saturated rings. The quantitative estimate of drug-likeness (QED) is 0.141. The first-order chi connectivity index (χ1) is 26.4. The van der Waals surface area contributed by atoms with E-state index in [0.717, 1.165) is 28.6 Å². The zero-order chi connectivity index (χ0) is 40.6. The van der Waals surface area contributed by atoms with Crippen LogP contribution >= 0.6 is 0 Å². The fourth-order valence-corrected chi connectivity index (χ4v) is 8.11. The van der Waals surface area contributed by atoms with Crippen LogP contribution < -0.4 is 0 Å². The largest absolute Gasteiger partial charge is 0.416 e. The summed E-state index contributed by atoms with van der Waals surface area (Å²) in [5.74, 6) is -2.63. The number of nitrogens with zero attached hydrogens (tertiary/aromatic N) is 3. The third-order valence-electron chi connectivity index (χ3n) is 11.2. The van der Waals surface area contributed by atoms with Crippen LogP contribution in [0.1, 0.15) is 136 Å². The molecule has 2 N–H and O–H groups in total. The van der Waals surface area contributed by atoms with Crippen molar-refractivity contribution in [3.63, 3.8) is 0 Å². The number of benzene rings is 1. The number of alkyl halides is 6. The number of carbonyl (C=O) groups is 3. The lowest BCUT2D eigenvalue weighted by Crippen LogP contribution is -2.40. The number of halogens is 6. The Morgan fingerprint density at radius 2 is 1.45 bits per heavy atom. The smallest absolute Gasteiger partial charge is 0.361 e. The summed E-state index contributed by atoms with van der Waals surface area (Å²) in [6.45, 7) is 12.5. The van der Waals surface area contributed by atoms with Gasteiger partial charge in [-0.3, -0.25) is 14.5 Å². The molecule has 8 bridgehead atoms. The van der Waals surface area contributed by atoms with Gasteiger partial charge in [0.1, 0.15) is 6.29 Å². The fourth-order valence-electron chi connectivity index (χ4n) is 8.11. The number of carbonyl (C=O) groups excluding carboxylic acids is 3. The average Bonchev–Trinajstić information content (AvgIpc) is 3.81. The number of aromatic nitrogens is 4. The second-order valence-corrected chi connectivity index (χ2v) is 14.4. The molecule has 3 aromatic rings. The first kappa shape index (κ1) is 38.5. The first-order valence-corrected chi connectivity index (χ1v) is 18.1. The average molecular weight is 774 g/mol. The number of nitrogens with one attached hydrogen (secondary N) is 2. The molecular formula is C42H37F6N5O3. The number of allylic oxidation sites excluding steroid dienone is 5. The minimum absolute atomic E-state index is 0.00296. The number of hydrogen-bond acceptors (Lipinski definition) is 5. The summed E-state index contributed by atoms with van der Waals surface area (Å²) >= 11 is 0. The van der Waals surface area contributed by atoms with Gasteiger partial charge >= 0.3 is 12.4 Å². The van der Waals surface area contributed by atoms with Crippen molar-refractivity contribution in [3.8, 4) is 0 Å². The second kappa shape index (κ2) is 13.7. The number of aromatic amines is 2. The van der Waals surface area contributed by atoms with Crippen LogP contribution in [0.3, 0.4) is 0 Å². The van der Waals surface area contributed by atoms with E-state index >= 15 is 0 Å². The van der Waals surface area contributed by atoms with Crippen LogP contribution in [0.4, 0.5) is 26.3 Å². The molecule has 1 aromatic carbocycles. The Bertz CT molecular complexity index is 2490. The van der Waals surface area contributed by atoms with Gasteiger partial charge in [0.15, 0.2) is 0 Å². The van der Waals surface area contributed by atoms with Crippen LogP contribution in [0.5, 0.6) is 0 Å². The molecule has 0 unspecified atom stereocenters. The van der Waals surface area contributed by atoms with Crippen LogP contribution in [0.25, 0.3) is 33.3 Å². The molecule has 2 amide bonds. The number of rotatable bonds is 7. The number of aldehydes is 1. The lowest BCUT2D eigenvalue weighted by molar-refractivity contribution is -0.143. The standard InChI is InChI=1S/C42H37F6N5O3/c1-7-26-19(3)29-15-31-21(5)28(10-9-11-54)37(51-31)36-38-35(22(6)32(52-38)17-34-27(8-2)20(4)30(50-34)16-33(26)49-29)39(55)53(40(36)56)18-23-12-24(41(43,44)45)14-25(13-23)42(46,47)48/h7,11-17,21,28,51-52H,1,8-10,18H2,2-6H3/t21-,28-/m0/s1. The van der Waals surface area contributed by atoms with Crippen molar-refractivity contribution in [1.82, 2.24) is 24.8 Å². The highest BCUT2D eigenvalue weighted by Crippen LogP contribution is 2.45. The number of hydrogen-bond donors (Lipinski definition) is 2.